The molecule has 3 heteroatoms. The van der Waals surface area contributed by atoms with Crippen molar-refractivity contribution in [1.82, 2.24) is 0 Å². The summed E-state index contributed by atoms with van der Waals surface area (Å²) in [5, 5.41) is 9.26. The molecule has 1 N–H and O–H groups in total. The van der Waals surface area contributed by atoms with Crippen molar-refractivity contribution in [3.63, 3.8) is 0 Å². The van der Waals surface area contributed by atoms with Crippen LogP contribution in [0.4, 0.5) is 0 Å². The van der Waals surface area contributed by atoms with Gasteiger partial charge in [-0.2, -0.15) is 0 Å². The van der Waals surface area contributed by atoms with Crippen LogP contribution in [0, 0.1) is 0 Å². The Morgan fingerprint density at radius 3 is 2.47 bits per heavy atom. The van der Waals surface area contributed by atoms with Crippen molar-refractivity contribution in [3.05, 3.63) is 54.1 Å². The summed E-state index contributed by atoms with van der Waals surface area (Å²) in [6, 6.07) is 14.9. The first-order chi connectivity index (χ1) is 9.24. The molecule has 0 atom stereocenters. The molecule has 0 heterocycles. The van der Waals surface area contributed by atoms with Crippen molar-refractivity contribution in [1.29, 1.82) is 0 Å². The minimum atomic E-state index is -0.969. The van der Waals surface area contributed by atoms with Gasteiger partial charge in [0.2, 0.25) is 0 Å². The van der Waals surface area contributed by atoms with Crippen LogP contribution in [0.5, 0.6) is 5.75 Å². The van der Waals surface area contributed by atoms with Crippen LogP contribution in [0.15, 0.2) is 48.5 Å². The Bertz CT molecular complexity index is 561. The molecule has 0 aromatic heterocycles. The highest BCUT2D eigenvalue weighted by molar-refractivity contribution is 5.94. The highest BCUT2D eigenvalue weighted by Crippen LogP contribution is 2.33. The van der Waals surface area contributed by atoms with E-state index in [-0.39, 0.29) is 5.56 Å². The summed E-state index contributed by atoms with van der Waals surface area (Å²) in [6.07, 6.45) is 0.835. The van der Waals surface area contributed by atoms with Crippen LogP contribution in [0.25, 0.3) is 11.1 Å². The summed E-state index contributed by atoms with van der Waals surface area (Å²) < 4.78 is 5.65. The SMILES string of the molecule is CCCOc1c(C(=O)O)cccc1-c1ccccc1. The lowest BCUT2D eigenvalue weighted by atomic mass is 10.0. The summed E-state index contributed by atoms with van der Waals surface area (Å²) in [5.74, 6) is -0.521. The normalized spacial score (nSPS) is 10.2. The van der Waals surface area contributed by atoms with E-state index in [2.05, 4.69) is 0 Å². The molecule has 0 unspecified atom stereocenters. The average Bonchev–Trinajstić information content (AvgIpc) is 2.45. The monoisotopic (exact) mass is 256 g/mol. The molecule has 19 heavy (non-hydrogen) atoms. The second-order valence-corrected chi connectivity index (χ2v) is 4.20. The van der Waals surface area contributed by atoms with Gasteiger partial charge in [-0.3, -0.25) is 0 Å². The summed E-state index contributed by atoms with van der Waals surface area (Å²) >= 11 is 0. The van der Waals surface area contributed by atoms with E-state index in [4.69, 9.17) is 4.74 Å². The predicted octanol–water partition coefficient (Wildman–Crippen LogP) is 3.84. The molecule has 2 aromatic rings. The number of carboxylic acids is 1. The Hall–Kier alpha value is -2.29. The molecule has 2 rings (SSSR count). The van der Waals surface area contributed by atoms with Gasteiger partial charge in [-0.1, -0.05) is 49.4 Å². The van der Waals surface area contributed by atoms with Gasteiger partial charge in [-0.15, -0.1) is 0 Å². The highest BCUT2D eigenvalue weighted by Gasteiger charge is 2.16. The molecule has 98 valence electrons. The summed E-state index contributed by atoms with van der Waals surface area (Å²) in [5.41, 5.74) is 1.97. The maximum Gasteiger partial charge on any atom is 0.339 e. The molecule has 0 amide bonds. The van der Waals surface area contributed by atoms with Crippen molar-refractivity contribution >= 4 is 5.97 Å². The first kappa shape index (κ1) is 13.1. The molecule has 2 aromatic carbocycles. The van der Waals surface area contributed by atoms with Crippen LogP contribution >= 0.6 is 0 Å². The van der Waals surface area contributed by atoms with E-state index in [0.717, 1.165) is 17.5 Å². The smallest absolute Gasteiger partial charge is 0.339 e. The Morgan fingerprint density at radius 1 is 1.11 bits per heavy atom. The molecular weight excluding hydrogens is 240 g/mol. The van der Waals surface area contributed by atoms with Gasteiger partial charge in [-0.25, -0.2) is 4.79 Å². The van der Waals surface area contributed by atoms with Crippen molar-refractivity contribution in [3.8, 4) is 16.9 Å². The first-order valence-electron chi connectivity index (χ1n) is 6.28. The summed E-state index contributed by atoms with van der Waals surface area (Å²) in [6.45, 7) is 2.50. The number of carboxylic acid groups (broad SMARTS) is 1. The number of hydrogen-bond donors (Lipinski definition) is 1. The van der Waals surface area contributed by atoms with E-state index in [1.807, 2.05) is 43.3 Å². The van der Waals surface area contributed by atoms with Gasteiger partial charge in [0, 0.05) is 5.56 Å². The summed E-state index contributed by atoms with van der Waals surface area (Å²) in [4.78, 5) is 11.3. The van der Waals surface area contributed by atoms with Crippen molar-refractivity contribution < 1.29 is 14.6 Å². The molecule has 0 spiro atoms. The summed E-state index contributed by atoms with van der Waals surface area (Å²) in [7, 11) is 0. The lowest BCUT2D eigenvalue weighted by molar-refractivity contribution is 0.0692. The Morgan fingerprint density at radius 2 is 1.84 bits per heavy atom. The van der Waals surface area contributed by atoms with Crippen molar-refractivity contribution in [2.45, 2.75) is 13.3 Å². The molecule has 0 aliphatic heterocycles. The number of ether oxygens (including phenoxy) is 1. The van der Waals surface area contributed by atoms with E-state index in [1.165, 1.54) is 0 Å². The fourth-order valence-corrected chi connectivity index (χ4v) is 1.91. The minimum Gasteiger partial charge on any atom is -0.492 e. The van der Waals surface area contributed by atoms with Gasteiger partial charge in [-0.05, 0) is 18.1 Å². The topological polar surface area (TPSA) is 46.5 Å². The second-order valence-electron chi connectivity index (χ2n) is 4.20. The quantitative estimate of drug-likeness (QED) is 0.884. The van der Waals surface area contributed by atoms with Crippen LogP contribution in [0.1, 0.15) is 23.7 Å². The molecule has 0 aliphatic rings. The zero-order chi connectivity index (χ0) is 13.7. The second kappa shape index (κ2) is 6.05. The molecule has 3 nitrogen and oxygen atoms in total. The van der Waals surface area contributed by atoms with Crippen LogP contribution < -0.4 is 4.74 Å². The van der Waals surface area contributed by atoms with E-state index >= 15 is 0 Å². The molecule has 0 radical (unpaired) electrons. The number of carbonyl (C=O) groups is 1. The Labute approximate surface area is 112 Å². The third kappa shape index (κ3) is 2.94. The minimum absolute atomic E-state index is 0.204. The molecule has 0 fully saturated rings. The molecule has 0 bridgehead atoms. The molecular formula is C16H16O3. The average molecular weight is 256 g/mol. The van der Waals surface area contributed by atoms with E-state index < -0.39 is 5.97 Å². The molecule has 0 aliphatic carbocycles. The van der Waals surface area contributed by atoms with Crippen LogP contribution in [0.3, 0.4) is 0 Å². The number of hydrogen-bond acceptors (Lipinski definition) is 2. The standard InChI is InChI=1S/C16H16O3/c1-2-11-19-15-13(12-7-4-3-5-8-12)9-6-10-14(15)16(17)18/h3-10H,2,11H2,1H3,(H,17,18). The third-order valence-corrected chi connectivity index (χ3v) is 2.78. The van der Waals surface area contributed by atoms with Gasteiger partial charge in [0.1, 0.15) is 11.3 Å². The number of para-hydroxylation sites is 1. The molecule has 0 saturated carbocycles. The molecule has 0 saturated heterocycles. The Balaban J connectivity index is 2.53. The third-order valence-electron chi connectivity index (χ3n) is 2.78. The maximum atomic E-state index is 11.3. The lowest BCUT2D eigenvalue weighted by Crippen LogP contribution is -2.05. The number of benzene rings is 2. The van der Waals surface area contributed by atoms with Crippen molar-refractivity contribution in [2.24, 2.45) is 0 Å². The number of rotatable bonds is 5. The van der Waals surface area contributed by atoms with Gasteiger partial charge < -0.3 is 9.84 Å². The van der Waals surface area contributed by atoms with Crippen LogP contribution in [-0.2, 0) is 0 Å². The Kier molecular flexibility index (Phi) is 4.18. The van der Waals surface area contributed by atoms with Crippen molar-refractivity contribution in [2.75, 3.05) is 6.61 Å². The lowest BCUT2D eigenvalue weighted by Gasteiger charge is -2.13. The maximum absolute atomic E-state index is 11.3. The highest BCUT2D eigenvalue weighted by atomic mass is 16.5. The first-order valence-corrected chi connectivity index (χ1v) is 6.28. The predicted molar refractivity (Wildman–Crippen MR) is 74.6 cm³/mol. The largest absolute Gasteiger partial charge is 0.492 e. The van der Waals surface area contributed by atoms with Crippen LogP contribution in [0.2, 0.25) is 0 Å². The van der Waals surface area contributed by atoms with E-state index in [9.17, 15) is 9.90 Å². The fourth-order valence-electron chi connectivity index (χ4n) is 1.91. The van der Waals surface area contributed by atoms with E-state index in [1.54, 1.807) is 12.1 Å². The van der Waals surface area contributed by atoms with Gasteiger partial charge in [0.05, 0.1) is 6.61 Å². The fraction of sp³-hybridized carbons (Fsp3) is 0.188. The zero-order valence-electron chi connectivity index (χ0n) is 10.8. The van der Waals surface area contributed by atoms with Crippen LogP contribution in [-0.4, -0.2) is 17.7 Å². The van der Waals surface area contributed by atoms with E-state index in [0.29, 0.717) is 12.4 Å². The van der Waals surface area contributed by atoms with Gasteiger partial charge in [0.25, 0.3) is 0 Å². The van der Waals surface area contributed by atoms with Gasteiger partial charge >= 0.3 is 5.97 Å². The number of aromatic carboxylic acids is 1. The zero-order valence-corrected chi connectivity index (χ0v) is 10.8. The van der Waals surface area contributed by atoms with Gasteiger partial charge in [0.15, 0.2) is 0 Å².